The summed E-state index contributed by atoms with van der Waals surface area (Å²) in [5.74, 6) is 0.514. The molecule has 0 fully saturated rings. The van der Waals surface area contributed by atoms with Crippen molar-refractivity contribution in [3.63, 3.8) is 0 Å². The molecule has 0 unspecified atom stereocenters. The molecule has 0 saturated heterocycles. The Labute approximate surface area is 190 Å². The number of nitrogens with zero attached hydrogens (tertiary/aromatic N) is 3. The lowest BCUT2D eigenvalue weighted by molar-refractivity contribution is 0.0584. The first-order valence-electron chi connectivity index (χ1n) is 10.5. The molecule has 4 heterocycles. The normalized spacial score (nSPS) is 13.4. The molecule has 0 bridgehead atoms. The van der Waals surface area contributed by atoms with E-state index < -0.39 is 5.60 Å². The molecule has 2 N–H and O–H groups in total. The van der Waals surface area contributed by atoms with Gasteiger partial charge in [0.25, 0.3) is 0 Å². The number of ether oxygens (including phenoxy) is 1. The van der Waals surface area contributed by atoms with Gasteiger partial charge in [-0.2, -0.15) is 0 Å². The molecule has 1 amide bonds. The molecular weight excluding hydrogens is 420 g/mol. The summed E-state index contributed by atoms with van der Waals surface area (Å²) in [5.41, 5.74) is 12.0. The molecule has 0 aliphatic carbocycles. The van der Waals surface area contributed by atoms with Gasteiger partial charge in [0, 0.05) is 51.9 Å². The molecule has 0 atom stereocenters. The largest absolute Gasteiger partial charge is 0.443 e. The summed E-state index contributed by atoms with van der Waals surface area (Å²) < 4.78 is 6.66. The van der Waals surface area contributed by atoms with E-state index in [1.807, 2.05) is 57.4 Å². The average molecular weight is 445 g/mol. The number of nitrogens with two attached hydrogens (primary N) is 1. The van der Waals surface area contributed by atoms with E-state index in [0.29, 0.717) is 12.4 Å². The molecule has 6 nitrogen and oxygen atoms in total. The SMILES string of the molecule is CC(C)(C)OC(=O)N1CCc2cc(-c3csc4c(-c5cccnc5)cnc(N)c34)ccc21. The van der Waals surface area contributed by atoms with Gasteiger partial charge in [-0.15, -0.1) is 11.3 Å². The van der Waals surface area contributed by atoms with Gasteiger partial charge in [0.2, 0.25) is 0 Å². The van der Waals surface area contributed by atoms with Crippen LogP contribution in [0, 0.1) is 0 Å². The highest BCUT2D eigenvalue weighted by Gasteiger charge is 2.29. The maximum atomic E-state index is 12.6. The minimum atomic E-state index is -0.522. The van der Waals surface area contributed by atoms with Crippen LogP contribution in [0.25, 0.3) is 32.3 Å². The number of hydrogen-bond acceptors (Lipinski definition) is 6. The molecule has 3 aromatic heterocycles. The summed E-state index contributed by atoms with van der Waals surface area (Å²) >= 11 is 1.66. The molecule has 4 aromatic rings. The van der Waals surface area contributed by atoms with Crippen molar-refractivity contribution >= 4 is 39.0 Å². The topological polar surface area (TPSA) is 81.3 Å². The van der Waals surface area contributed by atoms with Crippen LogP contribution in [-0.2, 0) is 11.2 Å². The van der Waals surface area contributed by atoms with Crippen molar-refractivity contribution in [1.29, 1.82) is 0 Å². The van der Waals surface area contributed by atoms with Crippen molar-refractivity contribution in [2.24, 2.45) is 0 Å². The molecule has 7 heteroatoms. The number of thiophene rings is 1. The smallest absolute Gasteiger partial charge is 0.414 e. The lowest BCUT2D eigenvalue weighted by Gasteiger charge is -2.24. The molecule has 0 spiro atoms. The van der Waals surface area contributed by atoms with Crippen molar-refractivity contribution < 1.29 is 9.53 Å². The highest BCUT2D eigenvalue weighted by molar-refractivity contribution is 7.18. The number of benzene rings is 1. The van der Waals surface area contributed by atoms with Crippen LogP contribution in [0.5, 0.6) is 0 Å². The van der Waals surface area contributed by atoms with Crippen LogP contribution in [0.1, 0.15) is 26.3 Å². The van der Waals surface area contributed by atoms with E-state index in [1.54, 1.807) is 22.4 Å². The number of carbonyl (C=O) groups is 1. The van der Waals surface area contributed by atoms with E-state index in [-0.39, 0.29) is 6.09 Å². The molecule has 1 aromatic carbocycles. The van der Waals surface area contributed by atoms with E-state index in [0.717, 1.165) is 50.0 Å². The standard InChI is InChI=1S/C25H24N4O2S/c1-25(2,3)31-24(30)29-10-8-16-11-15(6-7-20(16)29)19-14-32-22-18(13-28-23(26)21(19)22)17-5-4-9-27-12-17/h4-7,9,11-14H,8,10H2,1-3H3,(H2,26,28). The van der Waals surface area contributed by atoms with Gasteiger partial charge in [-0.05, 0) is 61.9 Å². The van der Waals surface area contributed by atoms with E-state index in [9.17, 15) is 4.79 Å². The summed E-state index contributed by atoms with van der Waals surface area (Å²) in [7, 11) is 0. The maximum Gasteiger partial charge on any atom is 0.414 e. The predicted molar refractivity (Wildman–Crippen MR) is 130 cm³/mol. The lowest BCUT2D eigenvalue weighted by atomic mass is 9.99. The van der Waals surface area contributed by atoms with Crippen LogP contribution in [0.3, 0.4) is 0 Å². The van der Waals surface area contributed by atoms with Crippen LogP contribution in [0.15, 0.2) is 54.3 Å². The van der Waals surface area contributed by atoms with Gasteiger partial charge < -0.3 is 10.5 Å². The highest BCUT2D eigenvalue weighted by Crippen LogP contribution is 2.43. The zero-order valence-corrected chi connectivity index (χ0v) is 19.1. The molecule has 0 radical (unpaired) electrons. The first kappa shape index (κ1) is 20.5. The van der Waals surface area contributed by atoms with Crippen molar-refractivity contribution in [2.45, 2.75) is 32.8 Å². The molecule has 1 aliphatic heterocycles. The first-order valence-corrected chi connectivity index (χ1v) is 11.4. The second-order valence-corrected chi connectivity index (χ2v) is 9.76. The minimum absolute atomic E-state index is 0.306. The number of fused-ring (bicyclic) bond motifs is 2. The number of pyridine rings is 2. The van der Waals surface area contributed by atoms with E-state index in [4.69, 9.17) is 10.5 Å². The number of aromatic nitrogens is 2. The van der Waals surface area contributed by atoms with E-state index >= 15 is 0 Å². The Morgan fingerprint density at radius 1 is 1.16 bits per heavy atom. The second-order valence-electron chi connectivity index (χ2n) is 8.88. The number of rotatable bonds is 2. The number of amides is 1. The van der Waals surface area contributed by atoms with Gasteiger partial charge in [-0.1, -0.05) is 12.1 Å². The molecule has 32 heavy (non-hydrogen) atoms. The molecule has 5 rings (SSSR count). The maximum absolute atomic E-state index is 12.6. The van der Waals surface area contributed by atoms with Gasteiger partial charge in [0.05, 0.1) is 5.69 Å². The molecule has 1 aliphatic rings. The molecule has 0 saturated carbocycles. The third kappa shape index (κ3) is 3.58. The van der Waals surface area contributed by atoms with Crippen molar-refractivity contribution in [2.75, 3.05) is 17.2 Å². The fraction of sp³-hybridized carbons (Fsp3) is 0.240. The van der Waals surface area contributed by atoms with Crippen LogP contribution in [0.2, 0.25) is 0 Å². The Balaban J connectivity index is 1.54. The Morgan fingerprint density at radius 3 is 2.75 bits per heavy atom. The Morgan fingerprint density at radius 2 is 2.00 bits per heavy atom. The number of carbonyl (C=O) groups excluding carboxylic acids is 1. The summed E-state index contributed by atoms with van der Waals surface area (Å²) in [6.07, 6.45) is 5.90. The summed E-state index contributed by atoms with van der Waals surface area (Å²) in [5, 5.41) is 3.09. The zero-order valence-electron chi connectivity index (χ0n) is 18.3. The van der Waals surface area contributed by atoms with E-state index in [2.05, 4.69) is 21.4 Å². The predicted octanol–water partition coefficient (Wildman–Crippen LogP) is 5.91. The van der Waals surface area contributed by atoms with Gasteiger partial charge in [0.15, 0.2) is 0 Å². The van der Waals surface area contributed by atoms with E-state index in [1.165, 1.54) is 0 Å². The first-order chi connectivity index (χ1) is 15.3. The second kappa shape index (κ2) is 7.60. The Kier molecular flexibility index (Phi) is 4.86. The van der Waals surface area contributed by atoms with Crippen molar-refractivity contribution in [3.05, 3.63) is 59.9 Å². The summed E-state index contributed by atoms with van der Waals surface area (Å²) in [6.45, 7) is 6.26. The van der Waals surface area contributed by atoms with Gasteiger partial charge >= 0.3 is 6.09 Å². The Hall–Kier alpha value is -3.45. The summed E-state index contributed by atoms with van der Waals surface area (Å²) in [4.78, 5) is 23.0. The number of anilines is 2. The fourth-order valence-electron chi connectivity index (χ4n) is 4.08. The fourth-order valence-corrected chi connectivity index (χ4v) is 5.20. The van der Waals surface area contributed by atoms with Gasteiger partial charge in [-0.3, -0.25) is 9.88 Å². The van der Waals surface area contributed by atoms with Crippen LogP contribution in [0.4, 0.5) is 16.3 Å². The van der Waals surface area contributed by atoms with Crippen LogP contribution >= 0.6 is 11.3 Å². The van der Waals surface area contributed by atoms with Crippen LogP contribution in [-0.4, -0.2) is 28.2 Å². The van der Waals surface area contributed by atoms with Crippen molar-refractivity contribution in [1.82, 2.24) is 9.97 Å². The molecule has 162 valence electrons. The quantitative estimate of drug-likeness (QED) is 0.416. The third-order valence-corrected chi connectivity index (χ3v) is 6.51. The third-order valence-electron chi connectivity index (χ3n) is 5.50. The van der Waals surface area contributed by atoms with Crippen LogP contribution < -0.4 is 10.6 Å². The molecular formula is C25H24N4O2S. The van der Waals surface area contributed by atoms with Crippen molar-refractivity contribution in [3.8, 4) is 22.3 Å². The Bertz CT molecular complexity index is 1330. The number of hydrogen-bond donors (Lipinski definition) is 1. The van der Waals surface area contributed by atoms with Gasteiger partial charge in [-0.25, -0.2) is 9.78 Å². The monoisotopic (exact) mass is 444 g/mol. The zero-order chi connectivity index (χ0) is 22.5. The number of nitrogen functional groups attached to an aromatic ring is 1. The highest BCUT2D eigenvalue weighted by atomic mass is 32.1. The summed E-state index contributed by atoms with van der Waals surface area (Å²) in [6, 6.07) is 10.1. The lowest BCUT2D eigenvalue weighted by Crippen LogP contribution is -2.35. The van der Waals surface area contributed by atoms with Gasteiger partial charge in [0.1, 0.15) is 11.4 Å². The average Bonchev–Trinajstić information content (AvgIpc) is 3.38. The minimum Gasteiger partial charge on any atom is -0.443 e.